The lowest BCUT2D eigenvalue weighted by molar-refractivity contribution is -0.870. The Balaban J connectivity index is 3.94. The van der Waals surface area contributed by atoms with Gasteiger partial charge in [-0.25, -0.2) is 4.57 Å². The summed E-state index contributed by atoms with van der Waals surface area (Å²) in [6.07, 6.45) is 66.6. The van der Waals surface area contributed by atoms with E-state index in [0.717, 1.165) is 51.4 Å². The first-order valence-electron chi connectivity index (χ1n) is 29.0. The van der Waals surface area contributed by atoms with Crippen LogP contribution < -0.4 is 5.32 Å². The van der Waals surface area contributed by atoms with E-state index in [9.17, 15) is 19.4 Å². The van der Waals surface area contributed by atoms with Crippen molar-refractivity contribution in [3.05, 3.63) is 48.6 Å². The van der Waals surface area contributed by atoms with E-state index in [1.807, 2.05) is 27.2 Å². The summed E-state index contributed by atoms with van der Waals surface area (Å²) in [5.74, 6) is -0.176. The van der Waals surface area contributed by atoms with Crippen molar-refractivity contribution in [2.24, 2.45) is 0 Å². The minimum absolute atomic E-state index is 0.0622. The molecule has 9 heteroatoms. The number of hydrogen-bond acceptors (Lipinski definition) is 5. The van der Waals surface area contributed by atoms with E-state index in [1.165, 1.54) is 199 Å². The van der Waals surface area contributed by atoms with Crippen LogP contribution in [0, 0.1) is 0 Å². The first kappa shape index (κ1) is 66.5. The summed E-state index contributed by atoms with van der Waals surface area (Å²) >= 11 is 0. The smallest absolute Gasteiger partial charge is 0.387 e. The van der Waals surface area contributed by atoms with Crippen molar-refractivity contribution < 1.29 is 32.9 Å². The van der Waals surface area contributed by atoms with E-state index < -0.39 is 20.0 Å². The number of nitrogens with zero attached hydrogens (tertiary/aromatic N) is 1. The fraction of sp³-hybridized carbons (Fsp3) is 0.847. The maximum Gasteiger partial charge on any atom is 0.472 e. The Kier molecular flexibility index (Phi) is 49.3. The number of phosphoric acid groups is 1. The molecule has 0 aliphatic carbocycles. The number of nitrogens with one attached hydrogen (secondary N) is 1. The molecule has 0 spiro atoms. The Bertz CT molecular complexity index is 1250. The van der Waals surface area contributed by atoms with Crippen LogP contribution in [0.4, 0.5) is 0 Å². The average Bonchev–Trinajstić information content (AvgIpc) is 3.30. The number of phosphoric ester groups is 1. The van der Waals surface area contributed by atoms with Crippen molar-refractivity contribution in [2.75, 3.05) is 40.9 Å². The van der Waals surface area contributed by atoms with Crippen molar-refractivity contribution in [3.8, 4) is 0 Å². The van der Waals surface area contributed by atoms with E-state index >= 15 is 0 Å². The van der Waals surface area contributed by atoms with Gasteiger partial charge in [-0.05, 0) is 57.8 Å². The van der Waals surface area contributed by atoms with Gasteiger partial charge in [0.05, 0.1) is 39.9 Å². The summed E-state index contributed by atoms with van der Waals surface area (Å²) in [5.41, 5.74) is 0. The second kappa shape index (κ2) is 50.4. The minimum Gasteiger partial charge on any atom is -0.387 e. The standard InChI is InChI=1S/C59H113N2O6P/c1-6-8-10-12-14-16-18-19-20-21-22-23-24-25-26-27-28-29-30-31-32-33-34-35-36-37-38-39-40-41-43-45-47-49-51-53-59(63)60-57(56-67-68(64,65)66-55-54-61(3,4)5)58(62)52-50-48-46-44-42-17-15-13-11-9-7-2/h18-19,21-22,24-25,50,52,57-58,62H,6-17,20,23,26-49,51,53-56H2,1-5H3,(H-,60,63,64,65)/p+1/b19-18-,22-21-,25-24-,52-50+. The quantitative estimate of drug-likeness (QED) is 0.0243. The molecular formula is C59H114N2O6P+. The highest BCUT2D eigenvalue weighted by molar-refractivity contribution is 7.47. The lowest BCUT2D eigenvalue weighted by Crippen LogP contribution is -2.45. The molecule has 3 atom stereocenters. The summed E-state index contributed by atoms with van der Waals surface area (Å²) in [7, 11) is 1.58. The van der Waals surface area contributed by atoms with Gasteiger partial charge in [0.1, 0.15) is 13.2 Å². The topological polar surface area (TPSA) is 105 Å². The number of quaternary nitrogens is 1. The molecule has 0 radical (unpaired) electrons. The summed E-state index contributed by atoms with van der Waals surface area (Å²) in [6.45, 7) is 4.80. The molecule has 0 aromatic rings. The van der Waals surface area contributed by atoms with Gasteiger partial charge < -0.3 is 19.8 Å². The van der Waals surface area contributed by atoms with E-state index in [1.54, 1.807) is 6.08 Å². The van der Waals surface area contributed by atoms with Crippen LogP contribution >= 0.6 is 7.82 Å². The maximum atomic E-state index is 12.9. The third kappa shape index (κ3) is 52.3. The van der Waals surface area contributed by atoms with Crippen LogP contribution in [0.3, 0.4) is 0 Å². The number of aliphatic hydroxyl groups is 1. The normalized spacial score (nSPS) is 14.3. The highest BCUT2D eigenvalue weighted by atomic mass is 31.2. The Hall–Kier alpha value is -1.54. The van der Waals surface area contributed by atoms with Gasteiger partial charge in [-0.1, -0.05) is 255 Å². The molecule has 0 rings (SSSR count). The number of unbranched alkanes of at least 4 members (excludes halogenated alkanes) is 34. The third-order valence-electron chi connectivity index (χ3n) is 13.0. The SMILES string of the molecule is CCCCCCC/C=C\C/C=C\C/C=C\CCCCCCCCCCCCCCCCCCCCCCC(=O)NC(COP(=O)(O)OCC[N+](C)(C)C)C(O)/C=C/CCCCCCCCCCC. The molecule has 8 nitrogen and oxygen atoms in total. The molecule has 0 heterocycles. The molecule has 0 aromatic carbocycles. The molecule has 3 N–H and O–H groups in total. The Morgan fingerprint density at radius 3 is 1.22 bits per heavy atom. The Labute approximate surface area is 422 Å². The molecule has 400 valence electrons. The van der Waals surface area contributed by atoms with Gasteiger partial charge in [-0.15, -0.1) is 0 Å². The molecule has 0 saturated heterocycles. The first-order chi connectivity index (χ1) is 33.0. The highest BCUT2D eigenvalue weighted by Gasteiger charge is 2.27. The molecule has 0 bridgehead atoms. The number of hydrogen-bond donors (Lipinski definition) is 3. The van der Waals surface area contributed by atoms with Gasteiger partial charge in [0.15, 0.2) is 0 Å². The lowest BCUT2D eigenvalue weighted by atomic mass is 10.0. The third-order valence-corrected chi connectivity index (χ3v) is 14.0. The number of amides is 1. The number of aliphatic hydroxyl groups excluding tert-OH is 1. The van der Waals surface area contributed by atoms with E-state index in [2.05, 4.69) is 55.6 Å². The number of carbonyl (C=O) groups excluding carboxylic acids is 1. The van der Waals surface area contributed by atoms with Crippen LogP contribution in [0.15, 0.2) is 48.6 Å². The molecule has 0 saturated carbocycles. The summed E-state index contributed by atoms with van der Waals surface area (Å²) < 4.78 is 23.6. The molecule has 1 amide bonds. The molecule has 0 aliphatic rings. The Morgan fingerprint density at radius 1 is 0.500 bits per heavy atom. The second-order valence-electron chi connectivity index (χ2n) is 21.0. The van der Waals surface area contributed by atoms with Gasteiger partial charge >= 0.3 is 7.82 Å². The Morgan fingerprint density at radius 2 is 0.838 bits per heavy atom. The number of likely N-dealkylation sites (N-methyl/N-ethyl adjacent to an activating group) is 1. The summed E-state index contributed by atoms with van der Waals surface area (Å²) in [5, 5.41) is 13.9. The molecule has 0 aliphatic heterocycles. The highest BCUT2D eigenvalue weighted by Crippen LogP contribution is 2.43. The zero-order valence-corrected chi connectivity index (χ0v) is 46.5. The van der Waals surface area contributed by atoms with Crippen LogP contribution in [0.2, 0.25) is 0 Å². The first-order valence-corrected chi connectivity index (χ1v) is 30.5. The molecule has 68 heavy (non-hydrogen) atoms. The average molecular weight is 979 g/mol. The maximum absolute atomic E-state index is 12.9. The van der Waals surface area contributed by atoms with Gasteiger partial charge in [-0.3, -0.25) is 13.8 Å². The predicted octanol–water partition coefficient (Wildman–Crippen LogP) is 17.5. The molecular weight excluding hydrogens is 864 g/mol. The van der Waals surface area contributed by atoms with Crippen LogP contribution in [0.1, 0.15) is 271 Å². The minimum atomic E-state index is -4.34. The summed E-state index contributed by atoms with van der Waals surface area (Å²) in [6, 6.07) is -0.844. The monoisotopic (exact) mass is 978 g/mol. The summed E-state index contributed by atoms with van der Waals surface area (Å²) in [4.78, 5) is 23.2. The van der Waals surface area contributed by atoms with Crippen LogP contribution in [0.25, 0.3) is 0 Å². The van der Waals surface area contributed by atoms with Gasteiger partial charge in [0.2, 0.25) is 5.91 Å². The van der Waals surface area contributed by atoms with E-state index in [-0.39, 0.29) is 19.1 Å². The second-order valence-corrected chi connectivity index (χ2v) is 22.5. The zero-order chi connectivity index (χ0) is 49.9. The van der Waals surface area contributed by atoms with Gasteiger partial charge in [-0.2, -0.15) is 0 Å². The van der Waals surface area contributed by atoms with E-state index in [0.29, 0.717) is 17.4 Å². The van der Waals surface area contributed by atoms with Crippen LogP contribution in [-0.2, 0) is 18.4 Å². The van der Waals surface area contributed by atoms with Crippen molar-refractivity contribution >= 4 is 13.7 Å². The van der Waals surface area contributed by atoms with Gasteiger partial charge in [0.25, 0.3) is 0 Å². The van der Waals surface area contributed by atoms with Crippen molar-refractivity contribution in [1.82, 2.24) is 5.32 Å². The van der Waals surface area contributed by atoms with Crippen LogP contribution in [-0.4, -0.2) is 73.4 Å². The lowest BCUT2D eigenvalue weighted by Gasteiger charge is -2.25. The zero-order valence-electron chi connectivity index (χ0n) is 45.6. The largest absolute Gasteiger partial charge is 0.472 e. The molecule has 0 fully saturated rings. The number of rotatable bonds is 53. The van der Waals surface area contributed by atoms with Crippen molar-refractivity contribution in [1.29, 1.82) is 0 Å². The molecule has 3 unspecified atom stereocenters. The number of allylic oxidation sites excluding steroid dienone is 7. The predicted molar refractivity (Wildman–Crippen MR) is 295 cm³/mol. The van der Waals surface area contributed by atoms with E-state index in [4.69, 9.17) is 9.05 Å². The van der Waals surface area contributed by atoms with Crippen molar-refractivity contribution in [3.63, 3.8) is 0 Å². The van der Waals surface area contributed by atoms with Crippen molar-refractivity contribution in [2.45, 2.75) is 283 Å². The molecule has 0 aromatic heterocycles. The fourth-order valence-electron chi connectivity index (χ4n) is 8.46. The number of carbonyl (C=O) groups is 1. The van der Waals surface area contributed by atoms with Gasteiger partial charge in [0, 0.05) is 6.42 Å². The van der Waals surface area contributed by atoms with Crippen LogP contribution in [0.5, 0.6) is 0 Å². The fourth-order valence-corrected chi connectivity index (χ4v) is 9.20.